The number of imidazole rings is 1. The number of aromatic amines is 1. The molecule has 6 nitrogen and oxygen atoms in total. The number of hydrogen-bond donors (Lipinski definition) is 2. The molecule has 192 valence electrons. The number of halogens is 3. The third-order valence-electron chi connectivity index (χ3n) is 6.35. The van der Waals surface area contributed by atoms with Gasteiger partial charge in [-0.1, -0.05) is 81.6 Å². The number of hydrogen-bond acceptors (Lipinski definition) is 4. The molecule has 0 saturated carbocycles. The number of anilines is 1. The van der Waals surface area contributed by atoms with Crippen molar-refractivity contribution in [3.63, 3.8) is 0 Å². The van der Waals surface area contributed by atoms with Crippen molar-refractivity contribution in [1.29, 1.82) is 0 Å². The summed E-state index contributed by atoms with van der Waals surface area (Å²) in [6.45, 7) is 0.422. The largest absolute Gasteiger partial charge is 0.349 e. The van der Waals surface area contributed by atoms with Crippen LogP contribution in [0.4, 0.5) is 5.69 Å². The predicted octanol–water partition coefficient (Wildman–Crippen LogP) is 7.24. The molecule has 0 bridgehead atoms. The Bertz CT molecular complexity index is 1490. The van der Waals surface area contributed by atoms with Gasteiger partial charge in [-0.05, 0) is 42.3 Å². The SMILES string of the molecule is O=C(C1=C(Nc2ccc(Cl)cc2Cl)C(=O)N(CCCc2ncc[nH]2)C1c1ccc(Br)cc1)c1ccccc1. The van der Waals surface area contributed by atoms with E-state index >= 15 is 0 Å². The van der Waals surface area contributed by atoms with Crippen molar-refractivity contribution in [2.75, 3.05) is 11.9 Å². The van der Waals surface area contributed by atoms with Crippen LogP contribution in [0.1, 0.15) is 34.2 Å². The Morgan fingerprint density at radius 2 is 1.82 bits per heavy atom. The molecule has 1 atom stereocenters. The molecule has 1 aliphatic heterocycles. The van der Waals surface area contributed by atoms with E-state index in [9.17, 15) is 9.59 Å². The van der Waals surface area contributed by atoms with E-state index in [2.05, 4.69) is 31.2 Å². The van der Waals surface area contributed by atoms with E-state index in [4.69, 9.17) is 23.2 Å². The van der Waals surface area contributed by atoms with Crippen molar-refractivity contribution >= 4 is 56.5 Å². The monoisotopic (exact) mass is 608 g/mol. The predicted molar refractivity (Wildman–Crippen MR) is 153 cm³/mol. The highest BCUT2D eigenvalue weighted by Gasteiger charge is 2.43. The van der Waals surface area contributed by atoms with E-state index in [-0.39, 0.29) is 17.4 Å². The van der Waals surface area contributed by atoms with Gasteiger partial charge in [0.2, 0.25) is 0 Å². The standard InChI is InChI=1S/C29H23BrCl2N4O2/c30-20-10-8-18(9-11-20)27-25(28(37)19-5-2-1-3-6-19)26(35-23-13-12-21(31)17-22(23)32)29(38)36(27)16-4-7-24-33-14-15-34-24/h1-3,5-6,8-15,17,27,35H,4,7,16H2,(H,33,34). The maximum Gasteiger partial charge on any atom is 0.271 e. The van der Waals surface area contributed by atoms with Crippen LogP contribution in [0.2, 0.25) is 10.0 Å². The zero-order valence-corrected chi connectivity index (χ0v) is 23.2. The van der Waals surface area contributed by atoms with Crippen LogP contribution in [0.25, 0.3) is 0 Å². The highest BCUT2D eigenvalue weighted by Crippen LogP contribution is 2.41. The fourth-order valence-corrected chi connectivity index (χ4v) is 5.29. The average Bonchev–Trinajstić information content (AvgIpc) is 3.53. The van der Waals surface area contributed by atoms with Crippen LogP contribution in [0.15, 0.2) is 101 Å². The van der Waals surface area contributed by atoms with E-state index in [1.54, 1.807) is 47.6 Å². The summed E-state index contributed by atoms with van der Waals surface area (Å²) in [5, 5.41) is 4.00. The molecule has 2 heterocycles. The Balaban J connectivity index is 1.60. The molecule has 2 N–H and O–H groups in total. The zero-order chi connectivity index (χ0) is 26.6. The Hall–Kier alpha value is -3.39. The van der Waals surface area contributed by atoms with E-state index in [1.165, 1.54) is 0 Å². The quantitative estimate of drug-likeness (QED) is 0.196. The number of H-pyrrole nitrogens is 1. The number of amides is 1. The topological polar surface area (TPSA) is 78.1 Å². The van der Waals surface area contributed by atoms with Gasteiger partial charge in [0.25, 0.3) is 5.91 Å². The summed E-state index contributed by atoms with van der Waals surface area (Å²) in [5.41, 5.74) is 2.39. The number of aromatic nitrogens is 2. The molecule has 5 rings (SSSR count). The summed E-state index contributed by atoms with van der Waals surface area (Å²) < 4.78 is 0.904. The molecule has 0 spiro atoms. The zero-order valence-electron chi connectivity index (χ0n) is 20.1. The number of benzene rings is 3. The minimum absolute atomic E-state index is 0.203. The fraction of sp³-hybridized carbons (Fsp3) is 0.138. The Kier molecular flexibility index (Phi) is 7.98. The van der Waals surface area contributed by atoms with Gasteiger partial charge in [-0.3, -0.25) is 9.59 Å². The van der Waals surface area contributed by atoms with Crippen LogP contribution < -0.4 is 5.32 Å². The molecular weight excluding hydrogens is 587 g/mol. The van der Waals surface area contributed by atoms with Gasteiger partial charge in [0, 0.05) is 40.4 Å². The van der Waals surface area contributed by atoms with Gasteiger partial charge in [0.05, 0.1) is 22.3 Å². The van der Waals surface area contributed by atoms with Gasteiger partial charge in [-0.15, -0.1) is 0 Å². The molecule has 0 aliphatic carbocycles. The van der Waals surface area contributed by atoms with Crippen LogP contribution in [0, 0.1) is 0 Å². The van der Waals surface area contributed by atoms with Crippen molar-refractivity contribution in [2.24, 2.45) is 0 Å². The summed E-state index contributed by atoms with van der Waals surface area (Å²) in [6.07, 6.45) is 4.81. The van der Waals surface area contributed by atoms with E-state index < -0.39 is 6.04 Å². The lowest BCUT2D eigenvalue weighted by Crippen LogP contribution is -2.33. The number of carbonyl (C=O) groups is 2. The maximum atomic E-state index is 14.0. The summed E-state index contributed by atoms with van der Waals surface area (Å²) >= 11 is 16.0. The number of Topliss-reactive ketones (excluding diaryl/α,β-unsaturated/α-hetero) is 1. The van der Waals surface area contributed by atoms with Crippen molar-refractivity contribution in [3.05, 3.63) is 128 Å². The smallest absolute Gasteiger partial charge is 0.271 e. The third kappa shape index (κ3) is 5.55. The second-order valence-corrected chi connectivity index (χ2v) is 10.6. The molecular formula is C29H23BrCl2N4O2. The highest BCUT2D eigenvalue weighted by molar-refractivity contribution is 9.10. The number of rotatable bonds is 9. The van der Waals surface area contributed by atoms with Crippen LogP contribution in [0.5, 0.6) is 0 Å². The van der Waals surface area contributed by atoms with Gasteiger partial charge >= 0.3 is 0 Å². The Labute approximate surface area is 238 Å². The minimum atomic E-state index is -0.589. The first-order valence-electron chi connectivity index (χ1n) is 12.0. The average molecular weight is 610 g/mol. The molecule has 4 aromatic rings. The lowest BCUT2D eigenvalue weighted by molar-refractivity contribution is -0.127. The van der Waals surface area contributed by atoms with E-state index in [1.807, 2.05) is 42.5 Å². The number of carbonyl (C=O) groups excluding carboxylic acids is 2. The molecule has 9 heteroatoms. The molecule has 3 aromatic carbocycles. The molecule has 0 radical (unpaired) electrons. The Morgan fingerprint density at radius 3 is 2.50 bits per heavy atom. The van der Waals surface area contributed by atoms with Gasteiger partial charge in [-0.25, -0.2) is 4.98 Å². The first-order chi connectivity index (χ1) is 18.4. The van der Waals surface area contributed by atoms with Gasteiger partial charge in [-0.2, -0.15) is 0 Å². The Morgan fingerprint density at radius 1 is 1.05 bits per heavy atom. The van der Waals surface area contributed by atoms with Crippen LogP contribution in [0.3, 0.4) is 0 Å². The van der Waals surface area contributed by atoms with Crippen molar-refractivity contribution < 1.29 is 9.59 Å². The minimum Gasteiger partial charge on any atom is -0.349 e. The second kappa shape index (κ2) is 11.6. The van der Waals surface area contributed by atoms with Crippen molar-refractivity contribution in [2.45, 2.75) is 18.9 Å². The molecule has 0 saturated heterocycles. The number of nitrogens with one attached hydrogen (secondary N) is 2. The first-order valence-corrected chi connectivity index (χ1v) is 13.6. The summed E-state index contributed by atoms with van der Waals surface area (Å²) in [4.78, 5) is 37.2. The van der Waals surface area contributed by atoms with E-state index in [0.29, 0.717) is 46.3 Å². The molecule has 0 fully saturated rings. The van der Waals surface area contributed by atoms with Gasteiger partial charge in [0.1, 0.15) is 11.5 Å². The molecule has 1 aliphatic rings. The third-order valence-corrected chi connectivity index (χ3v) is 7.43. The number of ketones is 1. The molecule has 1 amide bonds. The summed E-state index contributed by atoms with van der Waals surface area (Å²) in [7, 11) is 0. The lowest BCUT2D eigenvalue weighted by atomic mass is 9.92. The number of nitrogens with zero attached hydrogens (tertiary/aromatic N) is 2. The van der Waals surface area contributed by atoms with Crippen LogP contribution in [-0.4, -0.2) is 33.1 Å². The van der Waals surface area contributed by atoms with Crippen molar-refractivity contribution in [3.8, 4) is 0 Å². The molecule has 1 unspecified atom stereocenters. The second-order valence-electron chi connectivity index (χ2n) is 8.83. The van der Waals surface area contributed by atoms with E-state index in [0.717, 1.165) is 15.9 Å². The fourth-order valence-electron chi connectivity index (χ4n) is 4.57. The molecule has 1 aromatic heterocycles. The van der Waals surface area contributed by atoms with Crippen LogP contribution in [-0.2, 0) is 11.2 Å². The van der Waals surface area contributed by atoms with Gasteiger partial charge < -0.3 is 15.2 Å². The molecule has 38 heavy (non-hydrogen) atoms. The lowest BCUT2D eigenvalue weighted by Gasteiger charge is -2.27. The van der Waals surface area contributed by atoms with Gasteiger partial charge in [0.15, 0.2) is 5.78 Å². The summed E-state index contributed by atoms with van der Waals surface area (Å²) in [5.74, 6) is 0.340. The van der Waals surface area contributed by atoms with Crippen molar-refractivity contribution in [1.82, 2.24) is 14.9 Å². The highest BCUT2D eigenvalue weighted by atomic mass is 79.9. The van der Waals surface area contributed by atoms with Crippen LogP contribution >= 0.6 is 39.1 Å². The maximum absolute atomic E-state index is 14.0. The number of aryl methyl sites for hydroxylation is 1. The summed E-state index contributed by atoms with van der Waals surface area (Å²) in [6, 6.07) is 21.0. The normalized spacial score (nSPS) is 15.3. The first kappa shape index (κ1) is 26.2.